The Morgan fingerprint density at radius 2 is 2.00 bits per heavy atom. The lowest BCUT2D eigenvalue weighted by molar-refractivity contribution is -0.117. The van der Waals surface area contributed by atoms with Crippen LogP contribution in [-0.4, -0.2) is 26.4 Å². The first-order valence-electron chi connectivity index (χ1n) is 6.97. The molecule has 3 rings (SSSR count). The van der Waals surface area contributed by atoms with E-state index < -0.39 is 26.2 Å². The minimum Gasteiger partial charge on any atom is -0.508 e. The van der Waals surface area contributed by atoms with E-state index >= 15 is 0 Å². The lowest BCUT2D eigenvalue weighted by atomic mass is 9.73. The number of hydrogen-bond donors (Lipinski definition) is 1. The van der Waals surface area contributed by atoms with Gasteiger partial charge in [-0.1, -0.05) is 13.8 Å². The fourth-order valence-corrected chi connectivity index (χ4v) is 3.72. The fraction of sp³-hybridized carbons (Fsp3) is 0.312. The first-order chi connectivity index (χ1) is 10.7. The molecule has 0 bridgehead atoms. The number of Topliss-reactive ketones (excluding diaryl/α,β-unsaturated/α-hetero) is 1. The highest BCUT2D eigenvalue weighted by molar-refractivity contribution is 7.91. The van der Waals surface area contributed by atoms with Gasteiger partial charge in [-0.15, -0.1) is 0 Å². The molecule has 0 atom stereocenters. The van der Waals surface area contributed by atoms with Crippen LogP contribution >= 0.6 is 0 Å². The van der Waals surface area contributed by atoms with Crippen molar-refractivity contribution in [3.8, 4) is 11.5 Å². The molecule has 1 N–H and O–H groups in total. The van der Waals surface area contributed by atoms with E-state index in [0.29, 0.717) is 11.1 Å². The van der Waals surface area contributed by atoms with Gasteiger partial charge in [-0.05, 0) is 18.2 Å². The first kappa shape index (κ1) is 15.8. The van der Waals surface area contributed by atoms with Crippen molar-refractivity contribution < 1.29 is 27.2 Å². The Morgan fingerprint density at radius 3 is 2.65 bits per heavy atom. The number of phenols is 1. The smallest absolute Gasteiger partial charge is 0.304 e. The first-order valence-corrected chi connectivity index (χ1v) is 8.38. The third-order valence-electron chi connectivity index (χ3n) is 4.01. The molecule has 1 aliphatic carbocycles. The van der Waals surface area contributed by atoms with Crippen molar-refractivity contribution in [3.63, 3.8) is 0 Å². The van der Waals surface area contributed by atoms with Gasteiger partial charge in [0.2, 0.25) is 0 Å². The Kier molecular flexibility index (Phi) is 3.38. The molecule has 1 aliphatic heterocycles. The maximum atomic E-state index is 12.4. The fourth-order valence-electron chi connectivity index (χ4n) is 2.83. The third-order valence-corrected chi connectivity index (χ3v) is 5.37. The standard InChI is InChI=1S/C16H16O6S/c1-16(2)8-12(18)15(23(19,20)21-3)14-11(16)6-9-4-5-10(17)7-13(9)22-14/h4-7,17H,8H2,1-3H3. The number of ketones is 1. The predicted molar refractivity (Wildman–Crippen MR) is 83.1 cm³/mol. The second-order valence-corrected chi connectivity index (χ2v) is 7.79. The van der Waals surface area contributed by atoms with Gasteiger partial charge in [0.1, 0.15) is 11.5 Å². The van der Waals surface area contributed by atoms with Crippen LogP contribution in [0, 0.1) is 5.41 Å². The Balaban J connectivity index is 2.33. The maximum Gasteiger partial charge on any atom is 0.304 e. The van der Waals surface area contributed by atoms with Gasteiger partial charge in [-0.25, -0.2) is 0 Å². The van der Waals surface area contributed by atoms with Gasteiger partial charge in [0.15, 0.2) is 16.4 Å². The van der Waals surface area contributed by atoms with Crippen molar-refractivity contribution in [2.75, 3.05) is 7.11 Å². The number of fused-ring (bicyclic) bond motifs is 2. The second kappa shape index (κ2) is 4.94. The number of carbonyl (C=O) groups excluding carboxylic acids is 1. The summed E-state index contributed by atoms with van der Waals surface area (Å²) in [6, 6.07) is 4.56. The summed E-state index contributed by atoms with van der Waals surface area (Å²) in [5.74, 6) is -0.296. The van der Waals surface area contributed by atoms with Crippen LogP contribution in [0.5, 0.6) is 11.5 Å². The molecule has 2 aliphatic rings. The number of phenolic OH excluding ortho intramolecular Hbond substituents is 1. The molecule has 7 heteroatoms. The Bertz CT molecular complexity index is 874. The van der Waals surface area contributed by atoms with Crippen LogP contribution in [-0.2, 0) is 19.1 Å². The zero-order chi connectivity index (χ0) is 17.0. The topological polar surface area (TPSA) is 89.9 Å². The largest absolute Gasteiger partial charge is 0.508 e. The number of allylic oxidation sites excluding steroid dienone is 2. The minimum atomic E-state index is -4.20. The molecule has 0 saturated heterocycles. The van der Waals surface area contributed by atoms with Gasteiger partial charge in [-0.3, -0.25) is 8.98 Å². The van der Waals surface area contributed by atoms with E-state index in [1.165, 1.54) is 12.1 Å². The highest BCUT2D eigenvalue weighted by Gasteiger charge is 2.45. The summed E-state index contributed by atoms with van der Waals surface area (Å²) < 4.78 is 34.5. The molecule has 1 aromatic carbocycles. The molecule has 0 spiro atoms. The summed E-state index contributed by atoms with van der Waals surface area (Å²) in [5, 5.41) is 9.58. The lowest BCUT2D eigenvalue weighted by Crippen LogP contribution is -2.34. The third kappa shape index (κ3) is 2.46. The van der Waals surface area contributed by atoms with Crippen molar-refractivity contribution in [1.29, 1.82) is 0 Å². The Morgan fingerprint density at radius 1 is 1.30 bits per heavy atom. The number of hydrogen-bond acceptors (Lipinski definition) is 6. The van der Waals surface area contributed by atoms with Crippen LogP contribution in [0.4, 0.5) is 0 Å². The van der Waals surface area contributed by atoms with Gasteiger partial charge < -0.3 is 9.84 Å². The average molecular weight is 336 g/mol. The predicted octanol–water partition coefficient (Wildman–Crippen LogP) is 2.35. The van der Waals surface area contributed by atoms with E-state index in [0.717, 1.165) is 7.11 Å². The highest BCUT2D eigenvalue weighted by atomic mass is 32.2. The monoisotopic (exact) mass is 336 g/mol. The summed E-state index contributed by atoms with van der Waals surface area (Å²) in [5.41, 5.74) is 0.749. The summed E-state index contributed by atoms with van der Waals surface area (Å²) in [6.07, 6.45) is 1.82. The average Bonchev–Trinajstić information content (AvgIpc) is 2.44. The molecule has 1 aromatic rings. The van der Waals surface area contributed by atoms with Crippen LogP contribution < -0.4 is 4.74 Å². The zero-order valence-corrected chi connectivity index (χ0v) is 13.7. The molecule has 23 heavy (non-hydrogen) atoms. The number of carbonyl (C=O) groups is 1. The highest BCUT2D eigenvalue weighted by Crippen LogP contribution is 2.48. The molecule has 0 radical (unpaired) electrons. The van der Waals surface area contributed by atoms with Crippen molar-refractivity contribution in [1.82, 2.24) is 0 Å². The van der Waals surface area contributed by atoms with Crippen molar-refractivity contribution in [3.05, 3.63) is 40.0 Å². The SMILES string of the molecule is COS(=O)(=O)C1=C2Oc3cc(O)ccc3C=C2C(C)(C)CC1=O. The van der Waals surface area contributed by atoms with Gasteiger partial charge >= 0.3 is 10.1 Å². The van der Waals surface area contributed by atoms with E-state index in [-0.39, 0.29) is 23.7 Å². The lowest BCUT2D eigenvalue weighted by Gasteiger charge is -2.36. The molecule has 0 fully saturated rings. The van der Waals surface area contributed by atoms with E-state index in [1.54, 1.807) is 12.1 Å². The molecule has 0 unspecified atom stereocenters. The quantitative estimate of drug-likeness (QED) is 0.834. The maximum absolute atomic E-state index is 12.4. The molecular weight excluding hydrogens is 320 g/mol. The van der Waals surface area contributed by atoms with Crippen LogP contribution in [0.3, 0.4) is 0 Å². The van der Waals surface area contributed by atoms with Crippen molar-refractivity contribution in [2.24, 2.45) is 5.41 Å². The summed E-state index contributed by atoms with van der Waals surface area (Å²) >= 11 is 0. The van der Waals surface area contributed by atoms with Gasteiger partial charge in [-0.2, -0.15) is 8.42 Å². The van der Waals surface area contributed by atoms with Gasteiger partial charge in [0.05, 0.1) is 7.11 Å². The van der Waals surface area contributed by atoms with Gasteiger partial charge in [0, 0.05) is 29.0 Å². The van der Waals surface area contributed by atoms with Crippen molar-refractivity contribution in [2.45, 2.75) is 20.3 Å². The van der Waals surface area contributed by atoms with E-state index in [1.807, 2.05) is 13.8 Å². The van der Waals surface area contributed by atoms with E-state index in [9.17, 15) is 18.3 Å². The van der Waals surface area contributed by atoms with Gasteiger partial charge in [0.25, 0.3) is 0 Å². The van der Waals surface area contributed by atoms with Crippen molar-refractivity contribution >= 4 is 22.0 Å². The summed E-state index contributed by atoms with van der Waals surface area (Å²) in [7, 11) is -3.20. The molecular formula is C16H16O6S. The molecule has 0 amide bonds. The second-order valence-electron chi connectivity index (χ2n) is 6.15. The van der Waals surface area contributed by atoms with Crippen LogP contribution in [0.1, 0.15) is 25.8 Å². The molecule has 6 nitrogen and oxygen atoms in total. The zero-order valence-electron chi connectivity index (χ0n) is 12.9. The number of benzene rings is 1. The Hall–Kier alpha value is -2.12. The van der Waals surface area contributed by atoms with Crippen LogP contribution in [0.2, 0.25) is 0 Å². The molecule has 122 valence electrons. The number of ether oxygens (including phenoxy) is 1. The summed E-state index contributed by atoms with van der Waals surface area (Å²) in [6.45, 7) is 3.70. The molecule has 1 heterocycles. The van der Waals surface area contributed by atoms with E-state index in [4.69, 9.17) is 4.74 Å². The summed E-state index contributed by atoms with van der Waals surface area (Å²) in [4.78, 5) is 11.9. The number of rotatable bonds is 2. The van der Waals surface area contributed by atoms with Crippen LogP contribution in [0.15, 0.2) is 34.4 Å². The van der Waals surface area contributed by atoms with Crippen LogP contribution in [0.25, 0.3) is 6.08 Å². The molecule has 0 saturated carbocycles. The van der Waals surface area contributed by atoms with E-state index in [2.05, 4.69) is 4.18 Å². The normalized spacial score (nSPS) is 19.6. The Labute approximate surface area is 134 Å². The minimum absolute atomic E-state index is 0.0151. The molecule has 0 aromatic heterocycles. The number of aromatic hydroxyl groups is 1.